The summed E-state index contributed by atoms with van der Waals surface area (Å²) in [4.78, 5) is 41.5. The normalized spacial score (nSPS) is 22.6. The maximum absolute atomic E-state index is 13.4. The molecule has 0 aromatic rings. The highest BCUT2D eigenvalue weighted by atomic mass is 16.2. The van der Waals surface area contributed by atoms with Crippen molar-refractivity contribution in [2.24, 2.45) is 17.1 Å². The van der Waals surface area contributed by atoms with E-state index in [0.29, 0.717) is 32.5 Å². The molecule has 2 aliphatic heterocycles. The molecule has 0 bridgehead atoms. The minimum atomic E-state index is -0.375. The maximum Gasteiger partial charge on any atom is 0.245 e. The number of nitrogens with one attached hydrogen (secondary N) is 1. The zero-order valence-corrected chi connectivity index (χ0v) is 18.7. The molecule has 0 aliphatic carbocycles. The first kappa shape index (κ1) is 23.6. The third kappa shape index (κ3) is 6.98. The molecule has 29 heavy (non-hydrogen) atoms. The van der Waals surface area contributed by atoms with Gasteiger partial charge in [-0.05, 0) is 37.0 Å². The van der Waals surface area contributed by atoms with Gasteiger partial charge in [-0.2, -0.15) is 0 Å². The van der Waals surface area contributed by atoms with Gasteiger partial charge in [-0.25, -0.2) is 0 Å². The third-order valence-electron chi connectivity index (χ3n) is 6.05. The van der Waals surface area contributed by atoms with Crippen molar-refractivity contribution in [3.05, 3.63) is 0 Å². The number of piperazine rings is 1. The molecule has 7 nitrogen and oxygen atoms in total. The van der Waals surface area contributed by atoms with E-state index in [1.54, 1.807) is 0 Å². The molecule has 0 aromatic heterocycles. The second-order valence-electron chi connectivity index (χ2n) is 9.90. The van der Waals surface area contributed by atoms with Crippen molar-refractivity contribution in [1.82, 2.24) is 15.1 Å². The molecule has 2 aliphatic rings. The van der Waals surface area contributed by atoms with Crippen molar-refractivity contribution < 1.29 is 14.4 Å². The SMILES string of the molecule is CCCCC(C(=O)N1CCC(CC(N)=O)CC1)N1CCN[C@@H](CC(C)(C)C)C1=O. The summed E-state index contributed by atoms with van der Waals surface area (Å²) in [6.45, 7) is 11.1. The number of unbranched alkanes of at least 4 members (excludes halogenated alkanes) is 1. The van der Waals surface area contributed by atoms with Crippen molar-refractivity contribution in [3.63, 3.8) is 0 Å². The highest BCUT2D eigenvalue weighted by molar-refractivity contribution is 5.90. The molecule has 0 saturated carbocycles. The Morgan fingerprint density at radius 2 is 1.86 bits per heavy atom. The molecule has 3 amide bonds. The standard InChI is InChI=1S/C22H40N4O3/c1-5-6-7-18(21(29)25-11-8-16(9-12-25)14-19(23)27)26-13-10-24-17(20(26)28)15-22(2,3)4/h16-18,24H,5-15H2,1-4H3,(H2,23,27)/t17-,18?/m0/s1. The van der Waals surface area contributed by atoms with Crippen LogP contribution >= 0.6 is 0 Å². The van der Waals surface area contributed by atoms with Crippen molar-refractivity contribution in [2.75, 3.05) is 26.2 Å². The molecule has 2 saturated heterocycles. The van der Waals surface area contributed by atoms with Crippen molar-refractivity contribution in [1.29, 1.82) is 0 Å². The minimum absolute atomic E-state index is 0.0432. The van der Waals surface area contributed by atoms with Gasteiger partial charge < -0.3 is 20.9 Å². The van der Waals surface area contributed by atoms with Gasteiger partial charge in [-0.15, -0.1) is 0 Å². The van der Waals surface area contributed by atoms with Gasteiger partial charge >= 0.3 is 0 Å². The van der Waals surface area contributed by atoms with E-state index in [1.165, 1.54) is 0 Å². The van der Waals surface area contributed by atoms with Crippen molar-refractivity contribution in [2.45, 2.75) is 84.7 Å². The van der Waals surface area contributed by atoms with Crippen LogP contribution in [0.2, 0.25) is 0 Å². The third-order valence-corrected chi connectivity index (χ3v) is 6.05. The monoisotopic (exact) mass is 408 g/mol. The molecule has 0 radical (unpaired) electrons. The Balaban J connectivity index is 2.07. The second-order valence-corrected chi connectivity index (χ2v) is 9.90. The number of primary amides is 1. The molecule has 0 spiro atoms. The summed E-state index contributed by atoms with van der Waals surface area (Å²) in [5.41, 5.74) is 5.36. The molecule has 3 N–H and O–H groups in total. The summed E-state index contributed by atoms with van der Waals surface area (Å²) in [5.74, 6) is 0.125. The quantitative estimate of drug-likeness (QED) is 0.641. The fourth-order valence-corrected chi connectivity index (χ4v) is 4.50. The van der Waals surface area contributed by atoms with Crippen LogP contribution in [-0.4, -0.2) is 65.8 Å². The Hall–Kier alpha value is -1.63. The summed E-state index contributed by atoms with van der Waals surface area (Å²) in [5, 5.41) is 3.35. The van der Waals surface area contributed by atoms with E-state index in [1.807, 2.05) is 9.80 Å². The Morgan fingerprint density at radius 1 is 1.21 bits per heavy atom. The van der Waals surface area contributed by atoms with Crippen LogP contribution in [0.25, 0.3) is 0 Å². The maximum atomic E-state index is 13.4. The van der Waals surface area contributed by atoms with E-state index >= 15 is 0 Å². The molecule has 1 unspecified atom stereocenters. The van der Waals surface area contributed by atoms with Gasteiger partial charge in [0, 0.05) is 32.6 Å². The smallest absolute Gasteiger partial charge is 0.245 e. The van der Waals surface area contributed by atoms with Gasteiger partial charge in [0.2, 0.25) is 17.7 Å². The van der Waals surface area contributed by atoms with E-state index in [4.69, 9.17) is 5.73 Å². The van der Waals surface area contributed by atoms with Crippen LogP contribution in [0.4, 0.5) is 0 Å². The van der Waals surface area contributed by atoms with Crippen LogP contribution in [-0.2, 0) is 14.4 Å². The summed E-state index contributed by atoms with van der Waals surface area (Å²) in [7, 11) is 0. The average Bonchev–Trinajstić information content (AvgIpc) is 2.63. The van der Waals surface area contributed by atoms with Crippen LogP contribution < -0.4 is 11.1 Å². The summed E-state index contributed by atoms with van der Waals surface area (Å²) < 4.78 is 0. The lowest BCUT2D eigenvalue weighted by Crippen LogP contribution is -2.62. The van der Waals surface area contributed by atoms with E-state index in [9.17, 15) is 14.4 Å². The molecular formula is C22H40N4O3. The molecule has 2 rings (SSSR count). The van der Waals surface area contributed by atoms with E-state index in [-0.39, 0.29) is 41.1 Å². The first-order valence-corrected chi connectivity index (χ1v) is 11.2. The number of amides is 3. The van der Waals surface area contributed by atoms with E-state index < -0.39 is 0 Å². The molecule has 166 valence electrons. The number of nitrogens with two attached hydrogens (primary N) is 1. The molecule has 2 heterocycles. The first-order chi connectivity index (χ1) is 13.6. The fraction of sp³-hybridized carbons (Fsp3) is 0.864. The van der Waals surface area contributed by atoms with Gasteiger partial charge in [0.1, 0.15) is 6.04 Å². The topological polar surface area (TPSA) is 95.7 Å². The first-order valence-electron chi connectivity index (χ1n) is 11.2. The molecular weight excluding hydrogens is 368 g/mol. The Kier molecular flexibility index (Phi) is 8.49. The lowest BCUT2D eigenvalue weighted by molar-refractivity contribution is -0.150. The van der Waals surface area contributed by atoms with Gasteiger partial charge in [0.25, 0.3) is 0 Å². The number of carbonyl (C=O) groups is 3. The Labute approximate surface area is 175 Å². The van der Waals surface area contributed by atoms with E-state index in [2.05, 4.69) is 33.0 Å². The predicted octanol–water partition coefficient (Wildman–Crippen LogP) is 1.90. The predicted molar refractivity (Wildman–Crippen MR) is 114 cm³/mol. The number of rotatable bonds is 8. The lowest BCUT2D eigenvalue weighted by atomic mass is 9.86. The number of nitrogens with zero attached hydrogens (tertiary/aromatic N) is 2. The van der Waals surface area contributed by atoms with Crippen molar-refractivity contribution in [3.8, 4) is 0 Å². The molecule has 2 fully saturated rings. The summed E-state index contributed by atoms with van der Waals surface area (Å²) in [6.07, 6.45) is 5.40. The van der Waals surface area contributed by atoms with Gasteiger partial charge in [-0.1, -0.05) is 40.5 Å². The fourth-order valence-electron chi connectivity index (χ4n) is 4.50. The second kappa shape index (κ2) is 10.4. The highest BCUT2D eigenvalue weighted by Crippen LogP contribution is 2.26. The highest BCUT2D eigenvalue weighted by Gasteiger charge is 2.39. The molecule has 0 aromatic carbocycles. The number of likely N-dealkylation sites (tertiary alicyclic amines) is 1. The molecule has 7 heteroatoms. The number of hydrogen-bond acceptors (Lipinski definition) is 4. The van der Waals surface area contributed by atoms with Crippen LogP contribution in [0.1, 0.15) is 72.6 Å². The summed E-state index contributed by atoms with van der Waals surface area (Å²) in [6, 6.07) is -0.596. The largest absolute Gasteiger partial charge is 0.370 e. The van der Waals surface area contributed by atoms with Crippen molar-refractivity contribution >= 4 is 17.7 Å². The zero-order chi connectivity index (χ0) is 21.6. The lowest BCUT2D eigenvalue weighted by Gasteiger charge is -2.42. The Bertz CT molecular complexity index is 579. The van der Waals surface area contributed by atoms with Gasteiger partial charge in [0.15, 0.2) is 0 Å². The summed E-state index contributed by atoms with van der Waals surface area (Å²) >= 11 is 0. The Morgan fingerprint density at radius 3 is 2.41 bits per heavy atom. The van der Waals surface area contributed by atoms with Gasteiger partial charge in [-0.3, -0.25) is 14.4 Å². The van der Waals surface area contributed by atoms with Crippen LogP contribution in [0.5, 0.6) is 0 Å². The zero-order valence-electron chi connectivity index (χ0n) is 18.7. The van der Waals surface area contributed by atoms with Gasteiger partial charge in [0.05, 0.1) is 6.04 Å². The average molecular weight is 409 g/mol. The number of piperidine rings is 1. The molecule has 2 atom stereocenters. The van der Waals surface area contributed by atoms with Crippen LogP contribution in [0.15, 0.2) is 0 Å². The minimum Gasteiger partial charge on any atom is -0.370 e. The van der Waals surface area contributed by atoms with E-state index in [0.717, 1.165) is 38.6 Å². The van der Waals surface area contributed by atoms with Crippen LogP contribution in [0, 0.1) is 11.3 Å². The number of hydrogen-bond donors (Lipinski definition) is 2. The van der Waals surface area contributed by atoms with Crippen LogP contribution in [0.3, 0.4) is 0 Å². The number of carbonyl (C=O) groups excluding carboxylic acids is 3.